The normalized spacial score (nSPS) is 24.8. The molecule has 2 fully saturated rings. The van der Waals surface area contributed by atoms with Crippen LogP contribution in [0.5, 0.6) is 0 Å². The molecule has 2 atom stereocenters. The van der Waals surface area contributed by atoms with Crippen molar-refractivity contribution in [2.75, 3.05) is 51.6 Å². The van der Waals surface area contributed by atoms with E-state index in [9.17, 15) is 4.79 Å². The van der Waals surface area contributed by atoms with Gasteiger partial charge in [0.15, 0.2) is 0 Å². The van der Waals surface area contributed by atoms with Crippen molar-refractivity contribution in [3.8, 4) is 0 Å². The van der Waals surface area contributed by atoms with Gasteiger partial charge in [0.25, 0.3) is 0 Å². The Morgan fingerprint density at radius 2 is 1.92 bits per heavy atom. The minimum atomic E-state index is -0.108. The highest BCUT2D eigenvalue weighted by Gasteiger charge is 2.30. The zero-order valence-corrected chi connectivity index (χ0v) is 16.8. The number of para-hydroxylation sites is 1. The number of carbonyl (C=O) groups is 1. The van der Waals surface area contributed by atoms with Crippen LogP contribution in [0.4, 0.5) is 5.69 Å². The summed E-state index contributed by atoms with van der Waals surface area (Å²) in [6, 6.07) is 8.33. The van der Waals surface area contributed by atoms with Crippen LogP contribution in [-0.4, -0.2) is 79.0 Å². The number of hydrogen-bond donors (Lipinski definition) is 1. The van der Waals surface area contributed by atoms with E-state index >= 15 is 0 Å². The smallest absolute Gasteiger partial charge is 0.241 e. The van der Waals surface area contributed by atoms with Crippen molar-refractivity contribution in [2.45, 2.75) is 31.8 Å². The molecule has 138 valence electrons. The molecule has 2 aliphatic heterocycles. The minimum absolute atomic E-state index is 0.0674. The van der Waals surface area contributed by atoms with Crippen molar-refractivity contribution in [3.63, 3.8) is 0 Å². The van der Waals surface area contributed by atoms with Gasteiger partial charge in [-0.1, -0.05) is 12.1 Å². The van der Waals surface area contributed by atoms with Crippen LogP contribution in [-0.2, 0) is 4.79 Å². The molecule has 1 amide bonds. The zero-order chi connectivity index (χ0) is 17.8. The van der Waals surface area contributed by atoms with Crippen LogP contribution < -0.4 is 5.32 Å². The number of likely N-dealkylation sites (tertiary alicyclic amines) is 1. The fourth-order valence-electron chi connectivity index (χ4n) is 3.89. The molecule has 2 saturated heterocycles. The Bertz CT molecular complexity index is 589. The van der Waals surface area contributed by atoms with Gasteiger partial charge in [-0.2, -0.15) is 0 Å². The maximum atomic E-state index is 12.6. The molecule has 0 spiro atoms. The lowest BCUT2D eigenvalue weighted by molar-refractivity contribution is -0.121. The van der Waals surface area contributed by atoms with Crippen LogP contribution in [0, 0.1) is 0 Å². The summed E-state index contributed by atoms with van der Waals surface area (Å²) >= 11 is 3.49. The molecule has 2 aliphatic rings. The van der Waals surface area contributed by atoms with Crippen molar-refractivity contribution < 1.29 is 4.79 Å². The van der Waals surface area contributed by atoms with Gasteiger partial charge in [0.05, 0.1) is 11.7 Å². The molecule has 0 aromatic heterocycles. The summed E-state index contributed by atoms with van der Waals surface area (Å²) in [4.78, 5) is 20.0. The van der Waals surface area contributed by atoms with E-state index < -0.39 is 0 Å². The molecule has 0 aliphatic carbocycles. The Balaban J connectivity index is 1.50. The summed E-state index contributed by atoms with van der Waals surface area (Å²) in [5.41, 5.74) is 0.836. The highest BCUT2D eigenvalue weighted by molar-refractivity contribution is 9.10. The molecule has 1 aromatic carbocycles. The standard InChI is InChI=1S/C19H29BrN4O/c1-15(19(25)21-18-8-4-3-7-17(18)20)23-10-12-24(13-11-23)16-6-5-9-22(2)14-16/h3-4,7-8,15-16H,5-6,9-14H2,1-2H3,(H,21,25). The van der Waals surface area contributed by atoms with Crippen molar-refractivity contribution >= 4 is 27.5 Å². The third kappa shape index (κ3) is 4.82. The van der Waals surface area contributed by atoms with Crippen molar-refractivity contribution in [1.29, 1.82) is 0 Å². The number of nitrogens with one attached hydrogen (secondary N) is 1. The van der Waals surface area contributed by atoms with Gasteiger partial charge >= 0.3 is 0 Å². The average Bonchev–Trinajstić information content (AvgIpc) is 2.63. The number of amides is 1. The second-order valence-corrected chi connectivity index (χ2v) is 8.13. The molecule has 0 saturated carbocycles. The summed E-state index contributed by atoms with van der Waals surface area (Å²) < 4.78 is 0.918. The van der Waals surface area contributed by atoms with Gasteiger partial charge in [-0.3, -0.25) is 14.6 Å². The molecule has 1 aromatic rings. The maximum absolute atomic E-state index is 12.6. The van der Waals surface area contributed by atoms with E-state index in [2.05, 4.69) is 43.0 Å². The van der Waals surface area contributed by atoms with E-state index in [-0.39, 0.29) is 11.9 Å². The van der Waals surface area contributed by atoms with Gasteiger partial charge in [-0.05, 0) is 61.4 Å². The van der Waals surface area contributed by atoms with E-state index in [4.69, 9.17) is 0 Å². The molecular formula is C19H29BrN4O. The fraction of sp³-hybridized carbons (Fsp3) is 0.632. The summed E-state index contributed by atoms with van der Waals surface area (Å²) in [5.74, 6) is 0.0674. The van der Waals surface area contributed by atoms with Crippen LogP contribution >= 0.6 is 15.9 Å². The molecule has 0 bridgehead atoms. The third-order valence-corrected chi connectivity index (χ3v) is 6.22. The molecule has 25 heavy (non-hydrogen) atoms. The van der Waals surface area contributed by atoms with Gasteiger partial charge in [-0.25, -0.2) is 0 Å². The summed E-state index contributed by atoms with van der Waals surface area (Å²) in [6.45, 7) is 8.46. The van der Waals surface area contributed by atoms with Crippen molar-refractivity contribution in [1.82, 2.24) is 14.7 Å². The number of hydrogen-bond acceptors (Lipinski definition) is 4. The van der Waals surface area contributed by atoms with Crippen molar-refractivity contribution in [3.05, 3.63) is 28.7 Å². The largest absolute Gasteiger partial charge is 0.324 e. The Labute approximate surface area is 159 Å². The van der Waals surface area contributed by atoms with Crippen molar-refractivity contribution in [2.24, 2.45) is 0 Å². The van der Waals surface area contributed by atoms with E-state index in [0.29, 0.717) is 6.04 Å². The lowest BCUT2D eigenvalue weighted by atomic mass is 10.0. The van der Waals surface area contributed by atoms with E-state index in [1.165, 1.54) is 25.9 Å². The number of piperidine rings is 1. The first kappa shape index (κ1) is 18.8. The lowest BCUT2D eigenvalue weighted by Crippen LogP contribution is -2.57. The highest BCUT2D eigenvalue weighted by atomic mass is 79.9. The summed E-state index contributed by atoms with van der Waals surface area (Å²) in [7, 11) is 2.22. The fourth-order valence-corrected chi connectivity index (χ4v) is 4.28. The van der Waals surface area contributed by atoms with Crippen LogP contribution in [0.2, 0.25) is 0 Å². The quantitative estimate of drug-likeness (QED) is 0.830. The summed E-state index contributed by atoms with van der Waals surface area (Å²) in [5, 5.41) is 3.04. The van der Waals surface area contributed by atoms with Gasteiger partial charge in [0, 0.05) is 43.2 Å². The number of piperazine rings is 1. The highest BCUT2D eigenvalue weighted by Crippen LogP contribution is 2.22. The van der Waals surface area contributed by atoms with Crippen LogP contribution in [0.15, 0.2) is 28.7 Å². The molecule has 5 nitrogen and oxygen atoms in total. The molecule has 2 heterocycles. The monoisotopic (exact) mass is 408 g/mol. The van der Waals surface area contributed by atoms with E-state index in [1.54, 1.807) is 0 Å². The van der Waals surface area contributed by atoms with Gasteiger partial charge in [-0.15, -0.1) is 0 Å². The Morgan fingerprint density at radius 1 is 1.20 bits per heavy atom. The predicted molar refractivity (Wildman–Crippen MR) is 106 cm³/mol. The first-order chi connectivity index (χ1) is 12.0. The van der Waals surface area contributed by atoms with E-state index in [1.807, 2.05) is 31.2 Å². The Morgan fingerprint density at radius 3 is 2.60 bits per heavy atom. The number of likely N-dealkylation sites (N-methyl/N-ethyl adjacent to an activating group) is 1. The molecule has 1 N–H and O–H groups in total. The zero-order valence-electron chi connectivity index (χ0n) is 15.2. The second-order valence-electron chi connectivity index (χ2n) is 7.28. The number of rotatable bonds is 4. The average molecular weight is 409 g/mol. The molecule has 0 radical (unpaired) electrons. The Kier molecular flexibility index (Phi) is 6.49. The third-order valence-electron chi connectivity index (χ3n) is 5.52. The van der Waals surface area contributed by atoms with Crippen LogP contribution in [0.25, 0.3) is 0 Å². The number of carbonyl (C=O) groups excluding carboxylic acids is 1. The van der Waals surface area contributed by atoms with Gasteiger partial charge in [0.1, 0.15) is 0 Å². The van der Waals surface area contributed by atoms with Gasteiger partial charge < -0.3 is 10.2 Å². The minimum Gasteiger partial charge on any atom is -0.324 e. The Hall–Kier alpha value is -0.950. The number of halogens is 1. The molecule has 3 rings (SSSR count). The van der Waals surface area contributed by atoms with Crippen LogP contribution in [0.3, 0.4) is 0 Å². The number of nitrogens with zero attached hydrogens (tertiary/aromatic N) is 3. The van der Waals surface area contributed by atoms with Gasteiger partial charge in [0.2, 0.25) is 5.91 Å². The molecule has 6 heteroatoms. The summed E-state index contributed by atoms with van der Waals surface area (Å²) in [6.07, 6.45) is 2.61. The lowest BCUT2D eigenvalue weighted by Gasteiger charge is -2.43. The predicted octanol–water partition coefficient (Wildman–Crippen LogP) is 2.49. The van der Waals surface area contributed by atoms with Crippen LogP contribution in [0.1, 0.15) is 19.8 Å². The SMILES string of the molecule is CC(C(=O)Nc1ccccc1Br)N1CCN(C2CCCN(C)C2)CC1. The number of anilines is 1. The topological polar surface area (TPSA) is 38.8 Å². The molecular weight excluding hydrogens is 380 g/mol. The first-order valence-corrected chi connectivity index (χ1v) is 10.1. The second kappa shape index (κ2) is 8.62. The van der Waals surface area contributed by atoms with E-state index in [0.717, 1.165) is 36.3 Å². The maximum Gasteiger partial charge on any atom is 0.241 e. The number of benzene rings is 1. The molecule has 2 unspecified atom stereocenters. The first-order valence-electron chi connectivity index (χ1n) is 9.26.